The van der Waals surface area contributed by atoms with Crippen LogP contribution in [0.3, 0.4) is 0 Å². The van der Waals surface area contributed by atoms with E-state index in [0.717, 1.165) is 0 Å². The van der Waals surface area contributed by atoms with Crippen LogP contribution >= 0.6 is 0 Å². The molecule has 0 saturated heterocycles. The zero-order valence-electron chi connectivity index (χ0n) is 14.3. The summed E-state index contributed by atoms with van der Waals surface area (Å²) in [5, 5.41) is 6.66. The molecule has 1 saturated carbocycles. The van der Waals surface area contributed by atoms with Crippen LogP contribution in [0.4, 0.5) is 4.79 Å². The molecule has 1 aliphatic rings. The van der Waals surface area contributed by atoms with Crippen molar-refractivity contribution in [1.29, 1.82) is 0 Å². The summed E-state index contributed by atoms with van der Waals surface area (Å²) >= 11 is 0. The molecule has 1 aliphatic carbocycles. The smallest absolute Gasteiger partial charge is 0.407 e. The molecule has 0 spiro atoms. The summed E-state index contributed by atoms with van der Waals surface area (Å²) in [4.78, 5) is 14.1. The molecular weight excluding hydrogens is 330 g/mol. The third-order valence-corrected chi connectivity index (χ3v) is 4.76. The maximum atomic E-state index is 12.2. The van der Waals surface area contributed by atoms with E-state index in [1.165, 1.54) is 6.07 Å². The van der Waals surface area contributed by atoms with Crippen LogP contribution in [-0.4, -0.2) is 31.9 Å². The fraction of sp³-hybridized carbons (Fsp3) is 0.500. The second-order valence-electron chi connectivity index (χ2n) is 6.79. The van der Waals surface area contributed by atoms with Crippen LogP contribution in [0.5, 0.6) is 0 Å². The van der Waals surface area contributed by atoms with Crippen LogP contribution in [0.15, 0.2) is 34.3 Å². The lowest BCUT2D eigenvalue weighted by molar-refractivity contribution is 0.0501. The lowest BCUT2D eigenvalue weighted by atomic mass is 9.91. The molecular formula is C16H23N3O4S. The third-order valence-electron chi connectivity index (χ3n) is 3.39. The zero-order valence-corrected chi connectivity index (χ0v) is 15.1. The first-order valence-electron chi connectivity index (χ1n) is 7.69. The summed E-state index contributed by atoms with van der Waals surface area (Å²) in [7, 11) is -3.68. The minimum Gasteiger partial charge on any atom is -0.444 e. The standard InChI is InChI=1S/C16H23N3O4S/c1-11-7-5-6-8-14(11)24(21,22)19-18-13-9-12(10-13)17-15(20)23-16(2,3)4/h5-8,12,19H,9-10H2,1-4H3,(H,17,20). The van der Waals surface area contributed by atoms with Crippen LogP contribution in [0.25, 0.3) is 0 Å². The SMILES string of the molecule is Cc1ccccc1S(=O)(=O)NN=C1CC(NC(=O)OC(C)(C)C)C1. The van der Waals surface area contributed by atoms with Gasteiger partial charge in [0.15, 0.2) is 0 Å². The number of hydrogen-bond donors (Lipinski definition) is 2. The van der Waals surface area contributed by atoms with Crippen molar-refractivity contribution in [2.45, 2.75) is 57.1 Å². The van der Waals surface area contributed by atoms with Crippen molar-refractivity contribution in [2.75, 3.05) is 0 Å². The highest BCUT2D eigenvalue weighted by Crippen LogP contribution is 2.18. The lowest BCUT2D eigenvalue weighted by Crippen LogP contribution is -2.47. The average molecular weight is 353 g/mol. The van der Waals surface area contributed by atoms with Gasteiger partial charge < -0.3 is 10.1 Å². The molecule has 0 aromatic heterocycles. The Hall–Kier alpha value is -2.09. The highest BCUT2D eigenvalue weighted by atomic mass is 32.2. The van der Waals surface area contributed by atoms with Crippen molar-refractivity contribution >= 4 is 21.8 Å². The van der Waals surface area contributed by atoms with Crippen LogP contribution in [-0.2, 0) is 14.8 Å². The van der Waals surface area contributed by atoms with Gasteiger partial charge in [-0.1, -0.05) is 18.2 Å². The predicted molar refractivity (Wildman–Crippen MR) is 91.3 cm³/mol. The van der Waals surface area contributed by atoms with E-state index in [-0.39, 0.29) is 10.9 Å². The van der Waals surface area contributed by atoms with E-state index < -0.39 is 21.7 Å². The predicted octanol–water partition coefficient (Wildman–Crippen LogP) is 2.32. The second-order valence-corrected chi connectivity index (χ2v) is 8.42. The molecule has 1 fully saturated rings. The Morgan fingerprint density at radius 1 is 1.25 bits per heavy atom. The number of aryl methyl sites for hydroxylation is 1. The Morgan fingerprint density at radius 2 is 1.88 bits per heavy atom. The summed E-state index contributed by atoms with van der Waals surface area (Å²) in [5.41, 5.74) is 0.796. The van der Waals surface area contributed by atoms with Crippen molar-refractivity contribution in [3.8, 4) is 0 Å². The van der Waals surface area contributed by atoms with Crippen LogP contribution in [0, 0.1) is 6.92 Å². The zero-order chi connectivity index (χ0) is 18.0. The lowest BCUT2D eigenvalue weighted by Gasteiger charge is -2.29. The Morgan fingerprint density at radius 3 is 2.46 bits per heavy atom. The van der Waals surface area contributed by atoms with Gasteiger partial charge >= 0.3 is 6.09 Å². The number of nitrogens with zero attached hydrogens (tertiary/aromatic N) is 1. The molecule has 1 aromatic carbocycles. The normalized spacial score (nSPS) is 17.7. The maximum Gasteiger partial charge on any atom is 0.407 e. The number of rotatable bonds is 4. The Bertz CT molecular complexity index is 743. The summed E-state index contributed by atoms with van der Waals surface area (Å²) in [6.07, 6.45) is 0.512. The minimum absolute atomic E-state index is 0.0819. The fourth-order valence-electron chi connectivity index (χ4n) is 2.21. The van der Waals surface area contributed by atoms with Gasteiger partial charge in [-0.25, -0.2) is 9.63 Å². The minimum atomic E-state index is -3.68. The van der Waals surface area contributed by atoms with E-state index in [4.69, 9.17) is 4.74 Å². The summed E-state index contributed by atoms with van der Waals surface area (Å²) in [6, 6.07) is 6.62. The van der Waals surface area contributed by atoms with E-state index in [0.29, 0.717) is 24.1 Å². The van der Waals surface area contributed by atoms with Crippen molar-refractivity contribution in [3.05, 3.63) is 29.8 Å². The molecule has 2 rings (SSSR count). The topological polar surface area (TPSA) is 96.9 Å². The maximum absolute atomic E-state index is 12.2. The number of carbonyl (C=O) groups is 1. The van der Waals surface area contributed by atoms with Crippen molar-refractivity contribution in [1.82, 2.24) is 10.1 Å². The summed E-state index contributed by atoms with van der Waals surface area (Å²) in [5.74, 6) is 0. The highest BCUT2D eigenvalue weighted by Gasteiger charge is 2.29. The molecule has 0 atom stereocenters. The van der Waals surface area contributed by atoms with Gasteiger partial charge in [0, 0.05) is 24.6 Å². The molecule has 0 heterocycles. The van der Waals surface area contributed by atoms with E-state index in [1.807, 2.05) is 0 Å². The van der Waals surface area contributed by atoms with E-state index in [2.05, 4.69) is 15.2 Å². The fourth-order valence-corrected chi connectivity index (χ4v) is 3.31. The highest BCUT2D eigenvalue weighted by molar-refractivity contribution is 7.89. The molecule has 0 aliphatic heterocycles. The average Bonchev–Trinajstić information content (AvgIpc) is 2.39. The van der Waals surface area contributed by atoms with Crippen molar-refractivity contribution in [3.63, 3.8) is 0 Å². The second kappa shape index (κ2) is 6.80. The number of amides is 1. The Balaban J connectivity index is 1.86. The van der Waals surface area contributed by atoms with Gasteiger partial charge in [-0.15, -0.1) is 0 Å². The largest absolute Gasteiger partial charge is 0.444 e. The molecule has 1 aromatic rings. The Kier molecular flexibility index (Phi) is 5.17. The number of benzene rings is 1. The van der Waals surface area contributed by atoms with Gasteiger partial charge in [-0.05, 0) is 39.3 Å². The quantitative estimate of drug-likeness (QED) is 0.812. The molecule has 132 valence electrons. The molecule has 8 heteroatoms. The van der Waals surface area contributed by atoms with Gasteiger partial charge in [0.2, 0.25) is 0 Å². The van der Waals surface area contributed by atoms with Crippen molar-refractivity contribution in [2.24, 2.45) is 5.10 Å². The number of hydrogen-bond acceptors (Lipinski definition) is 5. The summed E-state index contributed by atoms with van der Waals surface area (Å²) in [6.45, 7) is 7.10. The van der Waals surface area contributed by atoms with Gasteiger partial charge in [-0.3, -0.25) is 0 Å². The van der Waals surface area contributed by atoms with E-state index in [1.54, 1.807) is 45.9 Å². The molecule has 1 amide bonds. The van der Waals surface area contributed by atoms with E-state index >= 15 is 0 Å². The van der Waals surface area contributed by atoms with E-state index in [9.17, 15) is 13.2 Å². The molecule has 7 nitrogen and oxygen atoms in total. The first-order valence-corrected chi connectivity index (χ1v) is 9.17. The van der Waals surface area contributed by atoms with Crippen molar-refractivity contribution < 1.29 is 17.9 Å². The molecule has 0 unspecified atom stereocenters. The molecule has 2 N–H and O–H groups in total. The summed E-state index contributed by atoms with van der Waals surface area (Å²) < 4.78 is 29.6. The van der Waals surface area contributed by atoms with Gasteiger partial charge in [0.25, 0.3) is 10.0 Å². The number of nitrogens with one attached hydrogen (secondary N) is 2. The number of ether oxygens (including phenoxy) is 1. The van der Waals surface area contributed by atoms with Crippen LogP contribution < -0.4 is 10.1 Å². The van der Waals surface area contributed by atoms with Gasteiger partial charge in [-0.2, -0.15) is 13.5 Å². The van der Waals surface area contributed by atoms with Crippen LogP contribution in [0.1, 0.15) is 39.2 Å². The number of hydrazone groups is 1. The van der Waals surface area contributed by atoms with Crippen LogP contribution in [0.2, 0.25) is 0 Å². The monoisotopic (exact) mass is 353 g/mol. The number of alkyl carbamates (subject to hydrolysis) is 1. The van der Waals surface area contributed by atoms with Gasteiger partial charge in [0.05, 0.1) is 4.90 Å². The molecule has 0 bridgehead atoms. The molecule has 0 radical (unpaired) electrons. The first kappa shape index (κ1) is 18.3. The Labute approximate surface area is 142 Å². The molecule has 24 heavy (non-hydrogen) atoms. The third kappa shape index (κ3) is 4.95. The number of carbonyl (C=O) groups excluding carboxylic acids is 1. The van der Waals surface area contributed by atoms with Gasteiger partial charge in [0.1, 0.15) is 5.60 Å². The first-order chi connectivity index (χ1) is 11.1. The number of sulfonamides is 1.